The fourth-order valence-electron chi connectivity index (χ4n) is 8.32. The van der Waals surface area contributed by atoms with Gasteiger partial charge in [0, 0.05) is 30.0 Å². The summed E-state index contributed by atoms with van der Waals surface area (Å²) in [7, 11) is -4.05. The molecule has 322 valence electrons. The van der Waals surface area contributed by atoms with Crippen molar-refractivity contribution in [2.45, 2.75) is 139 Å². The van der Waals surface area contributed by atoms with E-state index >= 15 is 0 Å². The SMILES string of the molecule is C[C@H]1CC/C=C\[C@@H]2C[C@@]2(C(=O)NS(=O)(=O)C2(C)CC2)NC(=O)[C@@H]2C[C@@H](Oc3nc4c(c5ccccc35)OCCC4)CN2C(=O)C(NC(=O)OC(C)(C)C(C)(F)F)[C@H](C)C1. The second-order valence-electron chi connectivity index (χ2n) is 18.1. The zero-order chi connectivity index (χ0) is 42.7. The van der Waals surface area contributed by atoms with Crippen LogP contribution in [0.1, 0.15) is 98.6 Å². The molecule has 3 fully saturated rings. The number of aryl methyl sites for hydroxylation is 1. The number of rotatable bonds is 8. The molecule has 2 saturated carbocycles. The van der Waals surface area contributed by atoms with Crippen molar-refractivity contribution < 1.29 is 50.6 Å². The van der Waals surface area contributed by atoms with Gasteiger partial charge in [-0.3, -0.25) is 19.1 Å². The van der Waals surface area contributed by atoms with Crippen molar-refractivity contribution >= 4 is 44.6 Å². The lowest BCUT2D eigenvalue weighted by atomic mass is 9.88. The molecule has 0 spiro atoms. The lowest BCUT2D eigenvalue weighted by Gasteiger charge is -2.35. The fourth-order valence-corrected chi connectivity index (χ4v) is 9.64. The molecule has 1 aromatic heterocycles. The number of carbonyl (C=O) groups is 4. The van der Waals surface area contributed by atoms with Crippen LogP contribution in [-0.2, 0) is 35.6 Å². The van der Waals surface area contributed by atoms with E-state index in [9.17, 15) is 36.4 Å². The molecule has 1 unspecified atom stereocenters. The number of halogens is 2. The lowest BCUT2D eigenvalue weighted by molar-refractivity contribution is -0.152. The molecule has 3 N–H and O–H groups in total. The molecule has 0 radical (unpaired) electrons. The average molecular weight is 844 g/mol. The first kappa shape index (κ1) is 42.6. The number of nitrogens with zero attached hydrogens (tertiary/aromatic N) is 2. The minimum absolute atomic E-state index is 0.0264. The molecule has 14 nitrogen and oxygen atoms in total. The van der Waals surface area contributed by atoms with Crippen LogP contribution in [-0.4, -0.2) is 95.3 Å². The smallest absolute Gasteiger partial charge is 0.408 e. The van der Waals surface area contributed by atoms with Crippen LogP contribution in [0.4, 0.5) is 13.6 Å². The highest BCUT2D eigenvalue weighted by Crippen LogP contribution is 2.48. The van der Waals surface area contributed by atoms with E-state index in [-0.39, 0.29) is 31.2 Å². The van der Waals surface area contributed by atoms with E-state index in [1.165, 1.54) is 4.90 Å². The molecule has 59 heavy (non-hydrogen) atoms. The molecule has 1 aromatic carbocycles. The first-order valence-corrected chi connectivity index (χ1v) is 22.1. The Labute approximate surface area is 343 Å². The maximum atomic E-state index is 14.9. The van der Waals surface area contributed by atoms with Gasteiger partial charge in [0.2, 0.25) is 27.7 Å². The number of sulfonamides is 1. The first-order valence-electron chi connectivity index (χ1n) is 20.6. The van der Waals surface area contributed by atoms with Crippen LogP contribution in [0.2, 0.25) is 0 Å². The van der Waals surface area contributed by atoms with Crippen LogP contribution >= 0.6 is 0 Å². The van der Waals surface area contributed by atoms with Gasteiger partial charge >= 0.3 is 6.09 Å². The van der Waals surface area contributed by atoms with E-state index in [1.54, 1.807) is 13.8 Å². The molecule has 7 rings (SSSR count). The van der Waals surface area contributed by atoms with E-state index in [0.29, 0.717) is 68.9 Å². The molecular weight excluding hydrogens is 789 g/mol. The molecule has 7 atom stereocenters. The number of alkyl carbamates (subject to hydrolysis) is 1. The predicted octanol–water partition coefficient (Wildman–Crippen LogP) is 5.32. The van der Waals surface area contributed by atoms with Gasteiger partial charge in [-0.15, -0.1) is 0 Å². The Balaban J connectivity index is 1.24. The number of hydrogen-bond donors (Lipinski definition) is 3. The normalized spacial score (nSPS) is 30.2. The molecule has 4 heterocycles. The van der Waals surface area contributed by atoms with E-state index in [0.717, 1.165) is 25.7 Å². The van der Waals surface area contributed by atoms with Gasteiger partial charge in [0.05, 0.1) is 23.6 Å². The number of pyridine rings is 1. The number of amides is 4. The van der Waals surface area contributed by atoms with Crippen LogP contribution in [0.3, 0.4) is 0 Å². The van der Waals surface area contributed by atoms with Crippen LogP contribution in [0.15, 0.2) is 36.4 Å². The topological polar surface area (TPSA) is 182 Å². The fraction of sp³-hybridized carbons (Fsp3) is 0.643. The second-order valence-corrected chi connectivity index (χ2v) is 20.3. The van der Waals surface area contributed by atoms with Gasteiger partial charge in [-0.1, -0.05) is 44.2 Å². The second kappa shape index (κ2) is 15.5. The molecule has 5 aliphatic rings. The van der Waals surface area contributed by atoms with Crippen molar-refractivity contribution in [3.05, 3.63) is 42.1 Å². The predicted molar refractivity (Wildman–Crippen MR) is 213 cm³/mol. The monoisotopic (exact) mass is 843 g/mol. The third kappa shape index (κ3) is 8.45. The van der Waals surface area contributed by atoms with Crippen molar-refractivity contribution in [2.75, 3.05) is 13.2 Å². The number of ether oxygens (including phenoxy) is 3. The first-order chi connectivity index (χ1) is 27.6. The van der Waals surface area contributed by atoms with E-state index in [1.807, 2.05) is 43.3 Å². The van der Waals surface area contributed by atoms with Gasteiger partial charge in [0.1, 0.15) is 29.5 Å². The lowest BCUT2D eigenvalue weighted by Crippen LogP contribution is -2.59. The Morgan fingerprint density at radius 3 is 2.49 bits per heavy atom. The number of hydrogen-bond acceptors (Lipinski definition) is 10. The zero-order valence-corrected chi connectivity index (χ0v) is 35.3. The number of fused-ring (bicyclic) bond motifs is 5. The number of carbonyl (C=O) groups excluding carboxylic acids is 4. The Hall–Kier alpha value is -4.54. The van der Waals surface area contributed by atoms with E-state index in [2.05, 4.69) is 15.4 Å². The summed E-state index contributed by atoms with van der Waals surface area (Å²) < 4.78 is 74.3. The van der Waals surface area contributed by atoms with Gasteiger partial charge in [0.25, 0.3) is 11.8 Å². The molecule has 3 aliphatic heterocycles. The Morgan fingerprint density at radius 2 is 1.80 bits per heavy atom. The van der Waals surface area contributed by atoms with Crippen LogP contribution in [0.5, 0.6) is 11.6 Å². The van der Waals surface area contributed by atoms with Crippen molar-refractivity contribution in [3.8, 4) is 11.6 Å². The number of nitrogens with one attached hydrogen (secondary N) is 3. The average Bonchev–Trinajstić information content (AvgIpc) is 4.04. The largest absolute Gasteiger partial charge is 0.491 e. The summed E-state index contributed by atoms with van der Waals surface area (Å²) in [6, 6.07) is 4.91. The van der Waals surface area contributed by atoms with Crippen LogP contribution < -0.4 is 24.8 Å². The number of aromatic nitrogens is 1. The summed E-state index contributed by atoms with van der Waals surface area (Å²) in [4.78, 5) is 63.0. The Bertz CT molecular complexity index is 2160. The molecule has 4 amide bonds. The Kier molecular flexibility index (Phi) is 11.2. The summed E-state index contributed by atoms with van der Waals surface area (Å²) in [5.74, 6) is -5.72. The van der Waals surface area contributed by atoms with Crippen molar-refractivity contribution in [1.82, 2.24) is 25.2 Å². The molecule has 0 bridgehead atoms. The summed E-state index contributed by atoms with van der Waals surface area (Å²) in [5, 5.41) is 6.90. The molecular formula is C42H55F2N5O9S. The van der Waals surface area contributed by atoms with Gasteiger partial charge < -0.3 is 29.7 Å². The summed E-state index contributed by atoms with van der Waals surface area (Å²) in [5.41, 5.74) is -3.10. The molecule has 2 aliphatic carbocycles. The summed E-state index contributed by atoms with van der Waals surface area (Å²) >= 11 is 0. The third-order valence-electron chi connectivity index (χ3n) is 12.9. The molecule has 17 heteroatoms. The molecule has 1 saturated heterocycles. The van der Waals surface area contributed by atoms with E-state index in [4.69, 9.17) is 19.2 Å². The molecule has 2 aromatic rings. The third-order valence-corrected chi connectivity index (χ3v) is 15.1. The highest BCUT2D eigenvalue weighted by molar-refractivity contribution is 7.91. The van der Waals surface area contributed by atoms with E-state index < -0.39 is 85.7 Å². The van der Waals surface area contributed by atoms with Gasteiger partial charge in [-0.05, 0) is 90.0 Å². The minimum atomic E-state index is -4.05. The van der Waals surface area contributed by atoms with Crippen molar-refractivity contribution in [1.29, 1.82) is 0 Å². The number of allylic oxidation sites excluding steroid dienone is 1. The summed E-state index contributed by atoms with van der Waals surface area (Å²) in [6.07, 6.45) is 5.72. The van der Waals surface area contributed by atoms with Gasteiger partial charge in [-0.25, -0.2) is 27.0 Å². The highest BCUT2D eigenvalue weighted by atomic mass is 32.2. The van der Waals surface area contributed by atoms with Crippen molar-refractivity contribution in [3.63, 3.8) is 0 Å². The number of alkyl halides is 2. The number of benzene rings is 1. The van der Waals surface area contributed by atoms with Crippen LogP contribution in [0.25, 0.3) is 10.8 Å². The summed E-state index contributed by atoms with van der Waals surface area (Å²) in [6.45, 7) is 8.53. The quantitative estimate of drug-likeness (QED) is 0.294. The standard InChI is InChI=1S/C42H55F2N5O9S/c1-24-12-7-8-13-26-22-42(26,37(52)48-59(54,55)40(5)17-18-40)47-34(50)31-21-27(57-35-29-15-10-9-14-28(29)33-30(45-35)16-11-19-56-33)23-49(31)36(51)32(25(2)20-24)46-38(53)58-39(3,4)41(6,43)44/h8-10,13-15,24-27,31-32H,7,11-12,16-23H2,1-6H3,(H,46,53)(H,47,50)(H,48,52)/b13-8-/t24-,25+,26+,27+,31-,32?,42+/m0/s1. The van der Waals surface area contributed by atoms with Gasteiger partial charge in [-0.2, -0.15) is 0 Å². The Morgan fingerprint density at radius 1 is 1.08 bits per heavy atom. The van der Waals surface area contributed by atoms with Gasteiger partial charge in [0.15, 0.2) is 5.60 Å². The zero-order valence-electron chi connectivity index (χ0n) is 34.4. The maximum Gasteiger partial charge on any atom is 0.408 e. The maximum absolute atomic E-state index is 14.9. The van der Waals surface area contributed by atoms with Crippen LogP contribution in [0, 0.1) is 17.8 Å². The highest BCUT2D eigenvalue weighted by Gasteiger charge is 2.63. The van der Waals surface area contributed by atoms with Crippen molar-refractivity contribution in [2.24, 2.45) is 17.8 Å². The minimum Gasteiger partial charge on any atom is -0.491 e.